The summed E-state index contributed by atoms with van der Waals surface area (Å²) in [6.45, 7) is 0. The van der Waals surface area contributed by atoms with Gasteiger partial charge in [-0.15, -0.1) is 0 Å². The summed E-state index contributed by atoms with van der Waals surface area (Å²) in [5.41, 5.74) is -9.16. The van der Waals surface area contributed by atoms with Crippen LogP contribution in [-0.2, 0) is 0 Å². The zero-order chi connectivity index (χ0) is 25.9. The summed E-state index contributed by atoms with van der Waals surface area (Å²) in [7, 11) is 0. The minimum absolute atomic E-state index is 0.156. The number of hydrogen-bond acceptors (Lipinski definition) is 4. The number of aliphatic hydroxyl groups is 2. The molecule has 0 amide bonds. The first-order valence-electron chi connectivity index (χ1n) is 9.17. The first-order valence-corrected chi connectivity index (χ1v) is 9.93. The molecule has 2 aromatic rings. The molecule has 0 aliphatic heterocycles. The molecule has 0 aliphatic carbocycles. The molecule has 0 aromatic heterocycles. The maximum atomic E-state index is 13.5. The van der Waals surface area contributed by atoms with Crippen LogP contribution in [-0.4, -0.2) is 45.3 Å². The fourth-order valence-corrected chi connectivity index (χ4v) is 2.83. The third-order valence-electron chi connectivity index (χ3n) is 4.58. The van der Waals surface area contributed by atoms with Crippen LogP contribution in [0.15, 0.2) is 48.5 Å². The van der Waals surface area contributed by atoms with Gasteiger partial charge >= 0.3 is 12.4 Å². The van der Waals surface area contributed by atoms with Gasteiger partial charge in [-0.3, -0.25) is 9.59 Å². The lowest BCUT2D eigenvalue weighted by Gasteiger charge is -2.27. The minimum Gasteiger partial charge on any atom is -0.369 e. The van der Waals surface area contributed by atoms with Crippen LogP contribution >= 0.6 is 23.2 Å². The molecule has 4 nitrogen and oxygen atoms in total. The molecule has 2 atom stereocenters. The Labute approximate surface area is 199 Å². The van der Waals surface area contributed by atoms with Crippen LogP contribution in [0.1, 0.15) is 33.6 Å². The van der Waals surface area contributed by atoms with E-state index in [4.69, 9.17) is 23.2 Å². The maximum Gasteiger partial charge on any atom is 0.429 e. The van der Waals surface area contributed by atoms with Crippen molar-refractivity contribution in [2.75, 3.05) is 0 Å². The normalized spacial score (nSPS) is 15.5. The van der Waals surface area contributed by atoms with E-state index in [1.165, 1.54) is 24.3 Å². The summed E-state index contributed by atoms with van der Waals surface area (Å²) in [6.07, 6.45) is -14.9. The van der Waals surface area contributed by atoms with Crippen molar-refractivity contribution >= 4 is 34.8 Å². The van der Waals surface area contributed by atoms with Gasteiger partial charge in [-0.1, -0.05) is 35.0 Å². The number of carbonyl (C=O) groups excluding carboxylic acids is 2. The van der Waals surface area contributed by atoms with Crippen molar-refractivity contribution in [1.82, 2.24) is 0 Å². The summed E-state index contributed by atoms with van der Waals surface area (Å²) in [5, 5.41) is 20.4. The average Bonchev–Trinajstić information content (AvgIpc) is 2.71. The molecule has 2 rings (SSSR count). The molecule has 0 bridgehead atoms. The molecule has 2 N–H and O–H groups in total. The molecule has 182 valence electrons. The zero-order valence-electron chi connectivity index (χ0n) is 16.8. The highest BCUT2D eigenvalue weighted by Crippen LogP contribution is 2.37. The Morgan fingerprint density at radius 2 is 0.912 bits per heavy atom. The Bertz CT molecular complexity index is 1030. The summed E-state index contributed by atoms with van der Waals surface area (Å²) >= 11 is 11.3. The van der Waals surface area contributed by atoms with E-state index in [0.717, 1.165) is 36.1 Å². The molecule has 0 fully saturated rings. The number of alkyl halides is 6. The molecular weight excluding hydrogens is 513 g/mol. The Morgan fingerprint density at radius 3 is 1.15 bits per heavy atom. The van der Waals surface area contributed by atoms with Crippen LogP contribution in [0.3, 0.4) is 0 Å². The van der Waals surface area contributed by atoms with Gasteiger partial charge in [-0.2, -0.15) is 26.3 Å². The van der Waals surface area contributed by atoms with Crippen molar-refractivity contribution in [2.24, 2.45) is 0 Å². The number of halogens is 8. The fraction of sp³-hybridized carbons (Fsp3) is 0.273. The van der Waals surface area contributed by atoms with Gasteiger partial charge in [0.2, 0.25) is 11.2 Å². The van der Waals surface area contributed by atoms with E-state index < -0.39 is 48.0 Å². The number of ketones is 2. The molecular formula is C22H14Cl2F6O4. The maximum absolute atomic E-state index is 13.5. The molecule has 0 saturated carbocycles. The van der Waals surface area contributed by atoms with Gasteiger partial charge in [0, 0.05) is 21.2 Å². The number of rotatable bonds is 6. The number of hydrogen-bond donors (Lipinski definition) is 2. The minimum atomic E-state index is -5.69. The molecule has 0 aliphatic rings. The Balaban J connectivity index is 2.43. The predicted octanol–water partition coefficient (Wildman–Crippen LogP) is 5.43. The molecule has 0 heterocycles. The van der Waals surface area contributed by atoms with E-state index in [1.54, 1.807) is 0 Å². The van der Waals surface area contributed by atoms with Gasteiger partial charge in [0.05, 0.1) is 12.8 Å². The first-order chi connectivity index (χ1) is 15.5. The van der Waals surface area contributed by atoms with E-state index in [1.807, 2.05) is 0 Å². The van der Waals surface area contributed by atoms with Crippen molar-refractivity contribution in [3.8, 4) is 11.8 Å². The number of carbonyl (C=O) groups is 2. The van der Waals surface area contributed by atoms with Crippen LogP contribution in [0.4, 0.5) is 26.3 Å². The standard InChI is InChI=1S/C22H14Cl2F6O4/c23-15-5-1-13(2-6-15)17(31)11-19(33,21(25,26)27)9-10-20(34,22(28,29)30)12-18(32)14-3-7-16(24)8-4-14/h1-8,33-34H,11-12H2. The highest BCUT2D eigenvalue weighted by molar-refractivity contribution is 6.31. The van der Waals surface area contributed by atoms with Gasteiger partial charge in [0.1, 0.15) is 0 Å². The smallest absolute Gasteiger partial charge is 0.369 e. The van der Waals surface area contributed by atoms with E-state index in [-0.39, 0.29) is 21.2 Å². The lowest BCUT2D eigenvalue weighted by atomic mass is 9.89. The molecule has 0 saturated heterocycles. The van der Waals surface area contributed by atoms with E-state index in [0.29, 0.717) is 0 Å². The second-order valence-electron chi connectivity index (χ2n) is 7.18. The molecule has 12 heteroatoms. The zero-order valence-corrected chi connectivity index (χ0v) is 18.3. The lowest BCUT2D eigenvalue weighted by Crippen LogP contribution is -2.49. The Morgan fingerprint density at radius 1 is 0.647 bits per heavy atom. The van der Waals surface area contributed by atoms with Gasteiger partial charge in [0.15, 0.2) is 11.6 Å². The van der Waals surface area contributed by atoms with Crippen molar-refractivity contribution < 1.29 is 46.1 Å². The van der Waals surface area contributed by atoms with E-state index in [2.05, 4.69) is 0 Å². The van der Waals surface area contributed by atoms with Crippen LogP contribution in [0.25, 0.3) is 0 Å². The van der Waals surface area contributed by atoms with Crippen molar-refractivity contribution in [1.29, 1.82) is 0 Å². The SMILES string of the molecule is O=C(CC(O)(C#CC(O)(CC(=O)c1ccc(Cl)cc1)C(F)(F)F)C(F)(F)F)c1ccc(Cl)cc1. The average molecular weight is 527 g/mol. The fourth-order valence-electron chi connectivity index (χ4n) is 2.58. The highest BCUT2D eigenvalue weighted by Gasteiger charge is 2.57. The Hall–Kier alpha value is -2.58. The second-order valence-corrected chi connectivity index (χ2v) is 8.05. The number of Topliss-reactive ketones (excluding diaryl/α,β-unsaturated/α-hetero) is 2. The van der Waals surface area contributed by atoms with E-state index >= 15 is 0 Å². The van der Waals surface area contributed by atoms with Crippen LogP contribution in [0, 0.1) is 11.8 Å². The van der Waals surface area contributed by atoms with Gasteiger partial charge in [-0.25, -0.2) is 0 Å². The third kappa shape index (κ3) is 6.51. The summed E-state index contributed by atoms with van der Waals surface area (Å²) in [5.74, 6) is -0.711. The van der Waals surface area contributed by atoms with Gasteiger partial charge in [-0.05, 0) is 48.5 Å². The van der Waals surface area contributed by atoms with E-state index in [9.17, 15) is 46.1 Å². The van der Waals surface area contributed by atoms with Crippen LogP contribution in [0.5, 0.6) is 0 Å². The topological polar surface area (TPSA) is 74.6 Å². The third-order valence-corrected chi connectivity index (χ3v) is 5.08. The summed E-state index contributed by atoms with van der Waals surface area (Å²) in [6, 6.07) is 8.90. The van der Waals surface area contributed by atoms with Crippen molar-refractivity contribution in [2.45, 2.75) is 36.4 Å². The highest BCUT2D eigenvalue weighted by atomic mass is 35.5. The first kappa shape index (κ1) is 27.7. The van der Waals surface area contributed by atoms with Gasteiger partial charge in [0.25, 0.3) is 0 Å². The van der Waals surface area contributed by atoms with Crippen LogP contribution in [0.2, 0.25) is 10.0 Å². The second kappa shape index (κ2) is 9.96. The van der Waals surface area contributed by atoms with Crippen LogP contribution < -0.4 is 0 Å². The monoisotopic (exact) mass is 526 g/mol. The molecule has 2 unspecified atom stereocenters. The largest absolute Gasteiger partial charge is 0.429 e. The number of benzene rings is 2. The molecule has 34 heavy (non-hydrogen) atoms. The molecule has 0 radical (unpaired) electrons. The Kier molecular flexibility index (Phi) is 8.10. The van der Waals surface area contributed by atoms with Gasteiger partial charge < -0.3 is 10.2 Å². The molecule has 0 spiro atoms. The van der Waals surface area contributed by atoms with Crippen molar-refractivity contribution in [3.05, 3.63) is 69.7 Å². The molecule has 2 aromatic carbocycles. The summed E-state index contributed by atoms with van der Waals surface area (Å²) in [4.78, 5) is 24.4. The summed E-state index contributed by atoms with van der Waals surface area (Å²) < 4.78 is 81.1. The quantitative estimate of drug-likeness (QED) is 0.299. The van der Waals surface area contributed by atoms with Crippen molar-refractivity contribution in [3.63, 3.8) is 0 Å². The lowest BCUT2D eigenvalue weighted by molar-refractivity contribution is -0.238. The predicted molar refractivity (Wildman–Crippen MR) is 111 cm³/mol.